The number of nitrogens with one attached hydrogen (secondary N) is 2. The number of rotatable bonds is 4. The standard InChI is InChI=1S/C9H8N4O2/c14-7(3-6-1-2-10-4-6)8(15)9-11-5-12-13-9/h1-2,4-5,10H,3H2,(H,11,12,13). The fourth-order valence-corrected chi connectivity index (χ4v) is 1.18. The lowest BCUT2D eigenvalue weighted by Crippen LogP contribution is -2.17. The van der Waals surface area contributed by atoms with Gasteiger partial charge < -0.3 is 4.98 Å². The minimum absolute atomic E-state index is 0.0663. The molecule has 0 unspecified atom stereocenters. The molecule has 0 radical (unpaired) electrons. The Labute approximate surface area is 84.7 Å². The molecule has 0 aromatic carbocycles. The summed E-state index contributed by atoms with van der Waals surface area (Å²) in [5.41, 5.74) is 0.767. The Balaban J connectivity index is 2.06. The third-order valence-corrected chi connectivity index (χ3v) is 1.90. The fraction of sp³-hybridized carbons (Fsp3) is 0.111. The largest absolute Gasteiger partial charge is 0.367 e. The van der Waals surface area contributed by atoms with Gasteiger partial charge in [-0.05, 0) is 11.6 Å². The van der Waals surface area contributed by atoms with Gasteiger partial charge in [-0.1, -0.05) is 0 Å². The second-order valence-corrected chi connectivity index (χ2v) is 2.97. The molecule has 6 heteroatoms. The third-order valence-electron chi connectivity index (χ3n) is 1.90. The molecule has 2 heterocycles. The molecule has 0 amide bonds. The number of aromatic nitrogens is 4. The highest BCUT2D eigenvalue weighted by atomic mass is 16.2. The van der Waals surface area contributed by atoms with Gasteiger partial charge in [-0.2, -0.15) is 0 Å². The minimum Gasteiger partial charge on any atom is -0.367 e. The molecule has 0 atom stereocenters. The van der Waals surface area contributed by atoms with Crippen molar-refractivity contribution in [1.29, 1.82) is 0 Å². The van der Waals surface area contributed by atoms with E-state index in [1.54, 1.807) is 18.5 Å². The highest BCUT2D eigenvalue weighted by molar-refractivity contribution is 6.43. The summed E-state index contributed by atoms with van der Waals surface area (Å²) < 4.78 is 0. The van der Waals surface area contributed by atoms with Crippen molar-refractivity contribution in [2.75, 3.05) is 0 Å². The molecule has 0 aliphatic rings. The molecule has 0 fully saturated rings. The number of hydrogen-bond acceptors (Lipinski definition) is 4. The Morgan fingerprint density at radius 3 is 2.87 bits per heavy atom. The van der Waals surface area contributed by atoms with Crippen LogP contribution in [0.25, 0.3) is 0 Å². The van der Waals surface area contributed by atoms with Gasteiger partial charge in [0.05, 0.1) is 0 Å². The molecule has 2 N–H and O–H groups in total. The van der Waals surface area contributed by atoms with Crippen LogP contribution in [0.2, 0.25) is 0 Å². The molecular weight excluding hydrogens is 196 g/mol. The van der Waals surface area contributed by atoms with E-state index < -0.39 is 11.6 Å². The van der Waals surface area contributed by atoms with Crippen LogP contribution in [0.1, 0.15) is 16.2 Å². The van der Waals surface area contributed by atoms with Crippen LogP contribution < -0.4 is 0 Å². The van der Waals surface area contributed by atoms with Gasteiger partial charge in [0.25, 0.3) is 5.78 Å². The second-order valence-electron chi connectivity index (χ2n) is 2.97. The number of carbonyl (C=O) groups is 2. The van der Waals surface area contributed by atoms with Crippen molar-refractivity contribution in [3.63, 3.8) is 0 Å². The van der Waals surface area contributed by atoms with Crippen LogP contribution in [0, 0.1) is 0 Å². The summed E-state index contributed by atoms with van der Waals surface area (Å²) >= 11 is 0. The molecule has 0 aliphatic heterocycles. The van der Waals surface area contributed by atoms with Crippen LogP contribution in [0.3, 0.4) is 0 Å². The Kier molecular flexibility index (Phi) is 2.40. The second kappa shape index (κ2) is 3.87. The summed E-state index contributed by atoms with van der Waals surface area (Å²) in [5.74, 6) is -1.28. The normalized spacial score (nSPS) is 10.1. The van der Waals surface area contributed by atoms with Crippen molar-refractivity contribution in [2.24, 2.45) is 0 Å². The molecule has 0 bridgehead atoms. The van der Waals surface area contributed by atoms with Gasteiger partial charge in [0, 0.05) is 18.8 Å². The molecule has 6 nitrogen and oxygen atoms in total. The number of hydrogen-bond donors (Lipinski definition) is 2. The molecule has 0 aliphatic carbocycles. The minimum atomic E-state index is -0.669. The zero-order valence-electron chi connectivity index (χ0n) is 7.73. The van der Waals surface area contributed by atoms with E-state index >= 15 is 0 Å². The van der Waals surface area contributed by atoms with Gasteiger partial charge in [0.2, 0.25) is 11.6 Å². The topological polar surface area (TPSA) is 91.5 Å². The van der Waals surface area contributed by atoms with Crippen LogP contribution in [0.15, 0.2) is 24.8 Å². The van der Waals surface area contributed by atoms with Crippen molar-refractivity contribution in [3.05, 3.63) is 36.2 Å². The summed E-state index contributed by atoms with van der Waals surface area (Å²) in [4.78, 5) is 29.3. The summed E-state index contributed by atoms with van der Waals surface area (Å²) in [7, 11) is 0. The predicted molar refractivity (Wildman–Crippen MR) is 50.2 cm³/mol. The van der Waals surface area contributed by atoms with Gasteiger partial charge in [-0.15, -0.1) is 5.10 Å². The molecule has 0 spiro atoms. The molecule has 0 saturated carbocycles. The maximum absolute atomic E-state index is 11.5. The lowest BCUT2D eigenvalue weighted by Gasteiger charge is -1.93. The van der Waals surface area contributed by atoms with Crippen molar-refractivity contribution >= 4 is 11.6 Å². The zero-order valence-corrected chi connectivity index (χ0v) is 7.73. The zero-order chi connectivity index (χ0) is 10.7. The number of ketones is 2. The van der Waals surface area contributed by atoms with E-state index in [-0.39, 0.29) is 12.2 Å². The van der Waals surface area contributed by atoms with E-state index in [0.717, 1.165) is 5.56 Å². The van der Waals surface area contributed by atoms with Gasteiger partial charge in [-0.25, -0.2) is 4.98 Å². The number of Topliss-reactive ketones (excluding diaryl/α,β-unsaturated/α-hetero) is 2. The molecule has 2 rings (SSSR count). The number of H-pyrrole nitrogens is 2. The number of carbonyl (C=O) groups excluding carboxylic acids is 2. The molecule has 76 valence electrons. The SMILES string of the molecule is O=C(Cc1cc[nH]c1)C(=O)c1nc[nH]n1. The Morgan fingerprint density at radius 1 is 1.40 bits per heavy atom. The van der Waals surface area contributed by atoms with Crippen LogP contribution in [-0.4, -0.2) is 31.7 Å². The van der Waals surface area contributed by atoms with E-state index in [4.69, 9.17) is 0 Å². The van der Waals surface area contributed by atoms with E-state index in [1.807, 2.05) is 0 Å². The van der Waals surface area contributed by atoms with Gasteiger partial charge in [0.1, 0.15) is 6.33 Å². The van der Waals surface area contributed by atoms with Gasteiger partial charge >= 0.3 is 0 Å². The number of nitrogens with zero attached hydrogens (tertiary/aromatic N) is 2. The predicted octanol–water partition coefficient (Wildman–Crippen LogP) is 0.127. The first-order chi connectivity index (χ1) is 7.27. The average Bonchev–Trinajstić information content (AvgIpc) is 2.88. The maximum atomic E-state index is 11.5. The highest BCUT2D eigenvalue weighted by Gasteiger charge is 2.19. The van der Waals surface area contributed by atoms with Crippen LogP contribution >= 0.6 is 0 Å². The molecule has 2 aromatic heterocycles. The van der Waals surface area contributed by atoms with Crippen molar-refractivity contribution in [1.82, 2.24) is 20.2 Å². The molecular formula is C9H8N4O2. The third kappa shape index (κ3) is 1.98. The Hall–Kier alpha value is -2.24. The smallest absolute Gasteiger partial charge is 0.267 e. The first-order valence-electron chi connectivity index (χ1n) is 4.32. The monoisotopic (exact) mass is 204 g/mol. The molecule has 2 aromatic rings. The lowest BCUT2D eigenvalue weighted by molar-refractivity contribution is -0.114. The molecule has 0 saturated heterocycles. The summed E-state index contributed by atoms with van der Waals surface area (Å²) in [6.45, 7) is 0. The Morgan fingerprint density at radius 2 is 2.27 bits per heavy atom. The quantitative estimate of drug-likeness (QED) is 0.546. The van der Waals surface area contributed by atoms with Gasteiger partial charge in [0.15, 0.2) is 0 Å². The number of aromatic amines is 2. The Bertz CT molecular complexity index is 458. The fourth-order valence-electron chi connectivity index (χ4n) is 1.18. The van der Waals surface area contributed by atoms with Crippen LogP contribution in [0.5, 0.6) is 0 Å². The lowest BCUT2D eigenvalue weighted by atomic mass is 10.1. The summed E-state index contributed by atoms with van der Waals surface area (Å²) in [5, 5.41) is 5.94. The first-order valence-corrected chi connectivity index (χ1v) is 4.32. The van der Waals surface area contributed by atoms with E-state index in [0.29, 0.717) is 0 Å². The van der Waals surface area contributed by atoms with Crippen molar-refractivity contribution in [3.8, 4) is 0 Å². The van der Waals surface area contributed by atoms with E-state index in [2.05, 4.69) is 20.2 Å². The summed E-state index contributed by atoms with van der Waals surface area (Å²) in [6, 6.07) is 1.74. The van der Waals surface area contributed by atoms with E-state index in [9.17, 15) is 9.59 Å². The highest BCUT2D eigenvalue weighted by Crippen LogP contribution is 2.01. The van der Waals surface area contributed by atoms with Gasteiger partial charge in [-0.3, -0.25) is 14.7 Å². The first kappa shape index (κ1) is 9.32. The van der Waals surface area contributed by atoms with E-state index in [1.165, 1.54) is 6.33 Å². The summed E-state index contributed by atoms with van der Waals surface area (Å²) in [6.07, 6.45) is 4.69. The van der Waals surface area contributed by atoms with Crippen LogP contribution in [-0.2, 0) is 11.2 Å². The average molecular weight is 204 g/mol. The van der Waals surface area contributed by atoms with Crippen LogP contribution in [0.4, 0.5) is 0 Å². The van der Waals surface area contributed by atoms with Crippen molar-refractivity contribution < 1.29 is 9.59 Å². The molecule has 15 heavy (non-hydrogen) atoms. The maximum Gasteiger partial charge on any atom is 0.267 e. The van der Waals surface area contributed by atoms with Crippen molar-refractivity contribution in [2.45, 2.75) is 6.42 Å².